The molecule has 0 atom stereocenters. The predicted octanol–water partition coefficient (Wildman–Crippen LogP) is 4.00. The summed E-state index contributed by atoms with van der Waals surface area (Å²) in [6.45, 7) is 2.41. The lowest BCUT2D eigenvalue weighted by molar-refractivity contribution is 0.102. The molecule has 1 aromatic heterocycles. The van der Waals surface area contributed by atoms with Crippen LogP contribution in [0.1, 0.15) is 17.3 Å². The summed E-state index contributed by atoms with van der Waals surface area (Å²) in [6.07, 6.45) is 0. The minimum Gasteiger partial charge on any atom is -0.493 e. The van der Waals surface area contributed by atoms with Crippen LogP contribution in [0.3, 0.4) is 0 Å². The number of anilines is 1. The van der Waals surface area contributed by atoms with Crippen LogP contribution in [0.2, 0.25) is 0 Å². The number of hydrogen-bond donors (Lipinski definition) is 1. The minimum absolute atomic E-state index is 0.0491. The lowest BCUT2D eigenvalue weighted by Gasteiger charge is -2.09. The van der Waals surface area contributed by atoms with E-state index in [1.807, 2.05) is 6.92 Å². The number of nitrogens with zero attached hydrogens (tertiary/aromatic N) is 2. The Kier molecular flexibility index (Phi) is 5.43. The lowest BCUT2D eigenvalue weighted by atomic mass is 10.2. The Morgan fingerprint density at radius 2 is 2.04 bits per heavy atom. The first-order valence-corrected chi connectivity index (χ1v) is 8.60. The monoisotopic (exact) mass is 373 g/mol. The zero-order valence-corrected chi connectivity index (χ0v) is 15.0. The first-order valence-electron chi connectivity index (χ1n) is 7.83. The average Bonchev–Trinajstić information content (AvgIpc) is 3.11. The molecule has 1 N–H and O–H groups in total. The molecule has 0 radical (unpaired) electrons. The van der Waals surface area contributed by atoms with Crippen molar-refractivity contribution in [3.8, 4) is 22.9 Å². The number of nitrogens with one attached hydrogen (secondary N) is 1. The van der Waals surface area contributed by atoms with E-state index in [2.05, 4.69) is 14.7 Å². The molecule has 26 heavy (non-hydrogen) atoms. The van der Waals surface area contributed by atoms with Crippen LogP contribution in [0.15, 0.2) is 42.5 Å². The summed E-state index contributed by atoms with van der Waals surface area (Å²) in [6, 6.07) is 11.1. The maximum absolute atomic E-state index is 13.7. The normalized spacial score (nSPS) is 10.4. The summed E-state index contributed by atoms with van der Waals surface area (Å²) in [7, 11) is 1.55. The fourth-order valence-corrected chi connectivity index (χ4v) is 2.87. The van der Waals surface area contributed by atoms with E-state index in [9.17, 15) is 9.18 Å². The highest BCUT2D eigenvalue weighted by Crippen LogP contribution is 2.32. The van der Waals surface area contributed by atoms with Gasteiger partial charge < -0.3 is 9.47 Å². The minimum atomic E-state index is -0.592. The number of carbonyl (C=O) groups is 1. The summed E-state index contributed by atoms with van der Waals surface area (Å²) in [4.78, 5) is 16.4. The van der Waals surface area contributed by atoms with Crippen molar-refractivity contribution in [3.05, 3.63) is 53.8 Å². The molecule has 1 amide bonds. The maximum Gasteiger partial charge on any atom is 0.260 e. The van der Waals surface area contributed by atoms with E-state index in [-0.39, 0.29) is 10.7 Å². The largest absolute Gasteiger partial charge is 0.493 e. The van der Waals surface area contributed by atoms with Crippen LogP contribution >= 0.6 is 11.5 Å². The van der Waals surface area contributed by atoms with Gasteiger partial charge in [0.25, 0.3) is 5.91 Å². The number of ether oxygens (including phenoxy) is 2. The molecule has 0 aliphatic rings. The molecule has 0 bridgehead atoms. The van der Waals surface area contributed by atoms with Gasteiger partial charge >= 0.3 is 0 Å². The van der Waals surface area contributed by atoms with Gasteiger partial charge in [-0.1, -0.05) is 12.1 Å². The maximum atomic E-state index is 13.7. The first kappa shape index (κ1) is 17.8. The predicted molar refractivity (Wildman–Crippen MR) is 97.4 cm³/mol. The molecule has 3 aromatic rings. The fraction of sp³-hybridized carbons (Fsp3) is 0.167. The van der Waals surface area contributed by atoms with E-state index in [1.165, 1.54) is 18.2 Å². The molecule has 134 valence electrons. The van der Waals surface area contributed by atoms with Gasteiger partial charge in [0, 0.05) is 17.1 Å². The summed E-state index contributed by atoms with van der Waals surface area (Å²) in [5.41, 5.74) is 0.667. The van der Waals surface area contributed by atoms with Gasteiger partial charge in [-0.15, -0.1) is 0 Å². The Balaban J connectivity index is 1.80. The number of methoxy groups -OCH3 is 1. The molecule has 0 fully saturated rings. The molecule has 1 heterocycles. The van der Waals surface area contributed by atoms with E-state index in [0.29, 0.717) is 29.5 Å². The Morgan fingerprint density at radius 3 is 2.77 bits per heavy atom. The van der Waals surface area contributed by atoms with Crippen LogP contribution in [-0.2, 0) is 0 Å². The number of carbonyl (C=O) groups excluding carboxylic acids is 1. The van der Waals surface area contributed by atoms with Crippen molar-refractivity contribution >= 4 is 22.6 Å². The van der Waals surface area contributed by atoms with Crippen molar-refractivity contribution in [2.45, 2.75) is 6.92 Å². The van der Waals surface area contributed by atoms with Gasteiger partial charge in [-0.2, -0.15) is 9.36 Å². The molecule has 0 unspecified atom stereocenters. The Hall–Kier alpha value is -3.00. The third-order valence-corrected chi connectivity index (χ3v) is 4.12. The van der Waals surface area contributed by atoms with Gasteiger partial charge in [-0.25, -0.2) is 4.39 Å². The zero-order valence-electron chi connectivity index (χ0n) is 14.2. The Morgan fingerprint density at radius 1 is 1.23 bits per heavy atom. The Bertz CT molecular complexity index is 930. The second kappa shape index (κ2) is 7.92. The van der Waals surface area contributed by atoms with Crippen molar-refractivity contribution in [2.24, 2.45) is 0 Å². The second-order valence-corrected chi connectivity index (χ2v) is 5.91. The lowest BCUT2D eigenvalue weighted by Crippen LogP contribution is -2.13. The molecule has 2 aromatic carbocycles. The number of amides is 1. The summed E-state index contributed by atoms with van der Waals surface area (Å²) in [5.74, 6) is 0.458. The number of hydrogen-bond acceptors (Lipinski definition) is 6. The van der Waals surface area contributed by atoms with Crippen LogP contribution in [-0.4, -0.2) is 29.0 Å². The fourth-order valence-electron chi connectivity index (χ4n) is 2.28. The second-order valence-electron chi connectivity index (χ2n) is 5.16. The zero-order chi connectivity index (χ0) is 18.5. The summed E-state index contributed by atoms with van der Waals surface area (Å²) >= 11 is 1.01. The standard InChI is InChI=1S/C18H16FN3O3S/c1-3-25-14-9-8-11(10-15(14)24-2)16-20-18(26-22-16)21-17(23)12-6-4-5-7-13(12)19/h4-10H,3H2,1-2H3,(H,20,21,22,23). The average molecular weight is 373 g/mol. The third kappa shape index (κ3) is 3.80. The molecular formula is C18H16FN3O3S. The SMILES string of the molecule is CCOc1ccc(-c2nsc(NC(=O)c3ccccc3F)n2)cc1OC. The number of aromatic nitrogens is 2. The van der Waals surface area contributed by atoms with Gasteiger partial charge in [0.05, 0.1) is 19.3 Å². The highest BCUT2D eigenvalue weighted by atomic mass is 32.1. The summed E-state index contributed by atoms with van der Waals surface area (Å²) < 4.78 is 28.7. The quantitative estimate of drug-likeness (QED) is 0.707. The third-order valence-electron chi connectivity index (χ3n) is 3.49. The van der Waals surface area contributed by atoms with Crippen molar-refractivity contribution in [1.82, 2.24) is 9.36 Å². The van der Waals surface area contributed by atoms with Crippen LogP contribution in [0.5, 0.6) is 11.5 Å². The van der Waals surface area contributed by atoms with Gasteiger partial charge in [0.15, 0.2) is 17.3 Å². The van der Waals surface area contributed by atoms with Crippen LogP contribution in [0, 0.1) is 5.82 Å². The first-order chi connectivity index (χ1) is 12.6. The number of halogens is 1. The van der Waals surface area contributed by atoms with Crippen molar-refractivity contribution < 1.29 is 18.7 Å². The van der Waals surface area contributed by atoms with Gasteiger partial charge in [0.2, 0.25) is 5.13 Å². The smallest absolute Gasteiger partial charge is 0.260 e. The molecule has 8 heteroatoms. The van der Waals surface area contributed by atoms with E-state index in [0.717, 1.165) is 11.5 Å². The topological polar surface area (TPSA) is 73.3 Å². The van der Waals surface area contributed by atoms with Crippen LogP contribution in [0.25, 0.3) is 11.4 Å². The Labute approximate surface area is 153 Å². The van der Waals surface area contributed by atoms with E-state index < -0.39 is 11.7 Å². The van der Waals surface area contributed by atoms with E-state index in [4.69, 9.17) is 9.47 Å². The van der Waals surface area contributed by atoms with Crippen LogP contribution in [0.4, 0.5) is 9.52 Å². The molecule has 0 saturated carbocycles. The van der Waals surface area contributed by atoms with Gasteiger partial charge in [-0.3, -0.25) is 10.1 Å². The molecule has 6 nitrogen and oxygen atoms in total. The molecule has 3 rings (SSSR count). The molecule has 0 aliphatic carbocycles. The van der Waals surface area contributed by atoms with Gasteiger partial charge in [0.1, 0.15) is 5.82 Å². The van der Waals surface area contributed by atoms with E-state index in [1.54, 1.807) is 31.4 Å². The number of benzene rings is 2. The molecular weight excluding hydrogens is 357 g/mol. The van der Waals surface area contributed by atoms with E-state index >= 15 is 0 Å². The van der Waals surface area contributed by atoms with Crippen molar-refractivity contribution in [1.29, 1.82) is 0 Å². The molecule has 0 saturated heterocycles. The van der Waals surface area contributed by atoms with Crippen molar-refractivity contribution in [2.75, 3.05) is 19.0 Å². The van der Waals surface area contributed by atoms with Crippen molar-refractivity contribution in [3.63, 3.8) is 0 Å². The van der Waals surface area contributed by atoms with Crippen LogP contribution < -0.4 is 14.8 Å². The molecule has 0 spiro atoms. The summed E-state index contributed by atoms with van der Waals surface area (Å²) in [5, 5.41) is 2.84. The number of rotatable bonds is 6. The molecule has 0 aliphatic heterocycles. The highest BCUT2D eigenvalue weighted by Gasteiger charge is 2.15. The highest BCUT2D eigenvalue weighted by molar-refractivity contribution is 7.10. The van der Waals surface area contributed by atoms with Gasteiger partial charge in [-0.05, 0) is 37.3 Å².